The number of hydrogen-bond acceptors (Lipinski definition) is 6. The molecule has 0 radical (unpaired) electrons. The van der Waals surface area contributed by atoms with Crippen LogP contribution in [0.15, 0.2) is 28.8 Å². The minimum Gasteiger partial charge on any atom is -0.484 e. The lowest BCUT2D eigenvalue weighted by atomic mass is 10.1. The van der Waals surface area contributed by atoms with Crippen LogP contribution in [0.2, 0.25) is 0 Å². The summed E-state index contributed by atoms with van der Waals surface area (Å²) in [7, 11) is 0. The Morgan fingerprint density at radius 2 is 1.83 bits per heavy atom. The van der Waals surface area contributed by atoms with Gasteiger partial charge in [-0.2, -0.15) is 18.2 Å². The Bertz CT molecular complexity index is 756. The molecule has 9 heteroatoms. The van der Waals surface area contributed by atoms with Crippen molar-refractivity contribution < 1.29 is 22.4 Å². The molecule has 1 atom stereocenters. The van der Waals surface area contributed by atoms with Gasteiger partial charge in [-0.3, -0.25) is 9.80 Å². The molecule has 1 aromatic carbocycles. The first-order chi connectivity index (χ1) is 13.8. The number of aryl methyl sites for hydroxylation is 1. The molecule has 1 aliphatic rings. The van der Waals surface area contributed by atoms with Crippen molar-refractivity contribution in [3.63, 3.8) is 0 Å². The maximum atomic E-state index is 12.2. The van der Waals surface area contributed by atoms with E-state index in [9.17, 15) is 13.2 Å². The van der Waals surface area contributed by atoms with Gasteiger partial charge < -0.3 is 9.26 Å². The number of halogens is 3. The summed E-state index contributed by atoms with van der Waals surface area (Å²) in [4.78, 5) is 9.14. The second kappa shape index (κ2) is 9.58. The molecule has 0 spiro atoms. The minimum atomic E-state index is -4.33. The zero-order chi connectivity index (χ0) is 20.9. The van der Waals surface area contributed by atoms with Crippen LogP contribution in [0.5, 0.6) is 5.75 Å². The topological polar surface area (TPSA) is 54.6 Å². The molecule has 1 unspecified atom stereocenters. The molecule has 1 aliphatic heterocycles. The van der Waals surface area contributed by atoms with Gasteiger partial charge in [0.1, 0.15) is 5.75 Å². The van der Waals surface area contributed by atoms with E-state index >= 15 is 0 Å². The van der Waals surface area contributed by atoms with E-state index < -0.39 is 12.8 Å². The molecule has 2 heterocycles. The zero-order valence-corrected chi connectivity index (χ0v) is 16.8. The monoisotopic (exact) mass is 412 g/mol. The summed E-state index contributed by atoms with van der Waals surface area (Å²) in [6, 6.07) is 6.88. The third-order valence-corrected chi connectivity index (χ3v) is 5.00. The van der Waals surface area contributed by atoms with Crippen LogP contribution < -0.4 is 4.74 Å². The summed E-state index contributed by atoms with van der Waals surface area (Å²) in [5, 5.41) is 4.03. The van der Waals surface area contributed by atoms with E-state index in [1.165, 1.54) is 0 Å². The molecule has 2 aromatic rings. The highest BCUT2D eigenvalue weighted by molar-refractivity contribution is 5.27. The van der Waals surface area contributed by atoms with Gasteiger partial charge in [0.15, 0.2) is 12.4 Å². The quantitative estimate of drug-likeness (QED) is 0.657. The van der Waals surface area contributed by atoms with Crippen molar-refractivity contribution in [2.24, 2.45) is 0 Å². The fraction of sp³-hybridized carbons (Fsp3) is 0.600. The molecule has 0 amide bonds. The fourth-order valence-electron chi connectivity index (χ4n) is 3.34. The van der Waals surface area contributed by atoms with Gasteiger partial charge in [0, 0.05) is 39.1 Å². The SMILES string of the molecule is CCCc1noc(C(C)N2CCN(Cc3ccc(OCC(F)(F)F)cc3)CC2)n1. The predicted octanol–water partition coefficient (Wildman–Crippen LogP) is 3.84. The molecule has 160 valence electrons. The Labute approximate surface area is 168 Å². The molecule has 1 fully saturated rings. The number of piperazine rings is 1. The van der Waals surface area contributed by atoms with E-state index in [0.717, 1.165) is 57.0 Å². The number of ether oxygens (including phenoxy) is 1. The van der Waals surface area contributed by atoms with Gasteiger partial charge in [-0.25, -0.2) is 0 Å². The van der Waals surface area contributed by atoms with Crippen molar-refractivity contribution in [2.75, 3.05) is 32.8 Å². The third-order valence-electron chi connectivity index (χ3n) is 5.00. The Morgan fingerprint density at radius 3 is 2.45 bits per heavy atom. The van der Waals surface area contributed by atoms with E-state index in [4.69, 9.17) is 9.26 Å². The van der Waals surface area contributed by atoms with Gasteiger partial charge in [-0.15, -0.1) is 0 Å². The molecule has 0 saturated carbocycles. The summed E-state index contributed by atoms with van der Waals surface area (Å²) < 4.78 is 46.8. The maximum Gasteiger partial charge on any atom is 0.422 e. The van der Waals surface area contributed by atoms with Crippen molar-refractivity contribution in [1.82, 2.24) is 19.9 Å². The van der Waals surface area contributed by atoms with Gasteiger partial charge >= 0.3 is 6.18 Å². The average Bonchev–Trinajstić information content (AvgIpc) is 3.16. The molecule has 0 bridgehead atoms. The van der Waals surface area contributed by atoms with Gasteiger partial charge in [0.25, 0.3) is 0 Å². The van der Waals surface area contributed by atoms with E-state index in [-0.39, 0.29) is 11.8 Å². The lowest BCUT2D eigenvalue weighted by molar-refractivity contribution is -0.153. The normalized spacial score (nSPS) is 17.4. The Hall–Kier alpha value is -2.13. The molecular formula is C20H27F3N4O2. The van der Waals surface area contributed by atoms with Crippen LogP contribution in [-0.4, -0.2) is 58.9 Å². The second-order valence-electron chi connectivity index (χ2n) is 7.33. The largest absolute Gasteiger partial charge is 0.484 e. The van der Waals surface area contributed by atoms with Crippen LogP contribution >= 0.6 is 0 Å². The first-order valence-corrected chi connectivity index (χ1v) is 9.91. The number of rotatable bonds is 8. The fourth-order valence-corrected chi connectivity index (χ4v) is 3.34. The summed E-state index contributed by atoms with van der Waals surface area (Å²) in [6.07, 6.45) is -2.51. The van der Waals surface area contributed by atoms with Gasteiger partial charge in [-0.05, 0) is 31.0 Å². The predicted molar refractivity (Wildman–Crippen MR) is 102 cm³/mol. The first kappa shape index (κ1) is 21.6. The lowest BCUT2D eigenvalue weighted by Gasteiger charge is -2.36. The van der Waals surface area contributed by atoms with E-state index in [1.807, 2.05) is 12.1 Å². The molecule has 29 heavy (non-hydrogen) atoms. The minimum absolute atomic E-state index is 0.0836. The van der Waals surface area contributed by atoms with E-state index in [0.29, 0.717) is 5.89 Å². The standard InChI is InChI=1S/C20H27F3N4O2/c1-3-4-18-24-19(29-25-18)15(2)27-11-9-26(10-12-27)13-16-5-7-17(8-6-16)28-14-20(21,22)23/h5-8,15H,3-4,9-14H2,1-2H3. The highest BCUT2D eigenvalue weighted by Crippen LogP contribution is 2.22. The maximum absolute atomic E-state index is 12.2. The van der Waals surface area contributed by atoms with Crippen molar-refractivity contribution in [1.29, 1.82) is 0 Å². The van der Waals surface area contributed by atoms with E-state index in [2.05, 4.69) is 33.8 Å². The van der Waals surface area contributed by atoms with Crippen LogP contribution in [0.3, 0.4) is 0 Å². The van der Waals surface area contributed by atoms with Crippen molar-refractivity contribution in [2.45, 2.75) is 45.5 Å². The number of nitrogens with zero attached hydrogens (tertiary/aromatic N) is 4. The van der Waals surface area contributed by atoms with Gasteiger partial charge in [0.2, 0.25) is 5.89 Å². The number of alkyl halides is 3. The van der Waals surface area contributed by atoms with Crippen molar-refractivity contribution in [3.05, 3.63) is 41.5 Å². The van der Waals surface area contributed by atoms with Crippen LogP contribution in [0.4, 0.5) is 13.2 Å². The number of benzene rings is 1. The van der Waals surface area contributed by atoms with Crippen LogP contribution in [0.1, 0.15) is 43.6 Å². The summed E-state index contributed by atoms with van der Waals surface area (Å²) in [5.41, 5.74) is 1.05. The Kier molecular flexibility index (Phi) is 7.13. The highest BCUT2D eigenvalue weighted by Gasteiger charge is 2.28. The van der Waals surface area contributed by atoms with Crippen molar-refractivity contribution >= 4 is 0 Å². The molecule has 0 N–H and O–H groups in total. The number of aromatic nitrogens is 2. The Balaban J connectivity index is 1.45. The molecule has 0 aliphatic carbocycles. The zero-order valence-electron chi connectivity index (χ0n) is 16.8. The molecule has 3 rings (SSSR count). The van der Waals surface area contributed by atoms with Gasteiger partial charge in [-0.1, -0.05) is 24.2 Å². The van der Waals surface area contributed by atoms with Crippen LogP contribution in [0.25, 0.3) is 0 Å². The number of hydrogen-bond donors (Lipinski definition) is 0. The van der Waals surface area contributed by atoms with E-state index in [1.54, 1.807) is 12.1 Å². The summed E-state index contributed by atoms with van der Waals surface area (Å²) in [6.45, 7) is 7.22. The summed E-state index contributed by atoms with van der Waals surface area (Å²) in [5.74, 6) is 1.65. The second-order valence-corrected chi connectivity index (χ2v) is 7.33. The first-order valence-electron chi connectivity index (χ1n) is 9.91. The molecular weight excluding hydrogens is 385 g/mol. The average molecular weight is 412 g/mol. The molecule has 1 aromatic heterocycles. The smallest absolute Gasteiger partial charge is 0.422 e. The molecule has 6 nitrogen and oxygen atoms in total. The Morgan fingerprint density at radius 1 is 1.14 bits per heavy atom. The van der Waals surface area contributed by atoms with Gasteiger partial charge in [0.05, 0.1) is 6.04 Å². The van der Waals surface area contributed by atoms with Crippen LogP contribution in [-0.2, 0) is 13.0 Å². The van der Waals surface area contributed by atoms with Crippen molar-refractivity contribution in [3.8, 4) is 5.75 Å². The highest BCUT2D eigenvalue weighted by atomic mass is 19.4. The molecule has 1 saturated heterocycles. The summed E-state index contributed by atoms with van der Waals surface area (Å²) >= 11 is 0. The third kappa shape index (κ3) is 6.43. The van der Waals surface area contributed by atoms with Crippen LogP contribution in [0, 0.1) is 0 Å². The lowest BCUT2D eigenvalue weighted by Crippen LogP contribution is -2.46.